The molecular formula is C32H31N3O4. The second-order valence-electron chi connectivity index (χ2n) is 9.60. The highest BCUT2D eigenvalue weighted by Crippen LogP contribution is 2.25. The molecule has 1 aliphatic heterocycles. The topological polar surface area (TPSA) is 82.9 Å². The van der Waals surface area contributed by atoms with Crippen LogP contribution in [0.25, 0.3) is 0 Å². The minimum absolute atomic E-state index is 0.155. The van der Waals surface area contributed by atoms with E-state index in [0.29, 0.717) is 32.6 Å². The fourth-order valence-corrected chi connectivity index (χ4v) is 5.00. The average Bonchev–Trinajstić information content (AvgIpc) is 3.53. The molecule has 3 aromatic carbocycles. The van der Waals surface area contributed by atoms with Crippen molar-refractivity contribution in [3.8, 4) is 0 Å². The number of furan rings is 1. The molecule has 1 N–H and O–H groups in total. The first-order valence-electron chi connectivity index (χ1n) is 13.2. The highest BCUT2D eigenvalue weighted by Gasteiger charge is 2.33. The Morgan fingerprint density at radius 2 is 1.23 bits per heavy atom. The van der Waals surface area contributed by atoms with Crippen molar-refractivity contribution in [2.24, 2.45) is 0 Å². The summed E-state index contributed by atoms with van der Waals surface area (Å²) in [6.45, 7) is 1.56. The predicted molar refractivity (Wildman–Crippen MR) is 148 cm³/mol. The molecule has 4 aromatic rings. The summed E-state index contributed by atoms with van der Waals surface area (Å²) in [6.07, 6.45) is 1.84. The second-order valence-corrected chi connectivity index (χ2v) is 9.60. The van der Waals surface area contributed by atoms with Crippen LogP contribution < -0.4 is 5.32 Å². The van der Waals surface area contributed by atoms with Crippen LogP contribution in [0, 0.1) is 0 Å². The Labute approximate surface area is 228 Å². The Morgan fingerprint density at radius 3 is 1.77 bits per heavy atom. The molecule has 7 nitrogen and oxygen atoms in total. The molecule has 2 heterocycles. The van der Waals surface area contributed by atoms with Crippen molar-refractivity contribution in [1.29, 1.82) is 0 Å². The number of rotatable bonds is 8. The van der Waals surface area contributed by atoms with Crippen LogP contribution in [0.5, 0.6) is 0 Å². The van der Waals surface area contributed by atoms with Crippen molar-refractivity contribution < 1.29 is 18.8 Å². The summed E-state index contributed by atoms with van der Waals surface area (Å²) in [6, 6.07) is 31.5. The highest BCUT2D eigenvalue weighted by molar-refractivity contribution is 5.93. The third-order valence-corrected chi connectivity index (χ3v) is 7.04. The Hall–Kier alpha value is -4.65. The van der Waals surface area contributed by atoms with E-state index in [1.54, 1.807) is 21.9 Å². The molecule has 7 heteroatoms. The van der Waals surface area contributed by atoms with Gasteiger partial charge >= 0.3 is 0 Å². The predicted octanol–water partition coefficient (Wildman–Crippen LogP) is 4.12. The molecule has 1 aromatic heterocycles. The molecule has 198 valence electrons. The van der Waals surface area contributed by atoms with Gasteiger partial charge in [-0.05, 0) is 28.8 Å². The molecule has 0 unspecified atom stereocenters. The van der Waals surface area contributed by atoms with Gasteiger partial charge in [0.15, 0.2) is 5.76 Å². The van der Waals surface area contributed by atoms with Crippen LogP contribution in [0.15, 0.2) is 114 Å². The highest BCUT2D eigenvalue weighted by atomic mass is 16.3. The molecular weight excluding hydrogens is 490 g/mol. The normalized spacial score (nSPS) is 14.2. The van der Waals surface area contributed by atoms with E-state index in [1.165, 1.54) is 6.26 Å². The van der Waals surface area contributed by atoms with Crippen molar-refractivity contribution in [2.45, 2.75) is 18.4 Å². The summed E-state index contributed by atoms with van der Waals surface area (Å²) >= 11 is 0. The summed E-state index contributed by atoms with van der Waals surface area (Å²) < 4.78 is 5.25. The number of hydrogen-bond donors (Lipinski definition) is 1. The summed E-state index contributed by atoms with van der Waals surface area (Å²) in [7, 11) is 0. The van der Waals surface area contributed by atoms with Crippen LogP contribution in [-0.4, -0.2) is 59.7 Å². The van der Waals surface area contributed by atoms with E-state index in [4.69, 9.17) is 4.42 Å². The first-order chi connectivity index (χ1) is 19.1. The largest absolute Gasteiger partial charge is 0.459 e. The number of nitrogens with one attached hydrogen (secondary N) is 1. The van der Waals surface area contributed by atoms with Gasteiger partial charge in [-0.15, -0.1) is 0 Å². The molecule has 39 heavy (non-hydrogen) atoms. The van der Waals surface area contributed by atoms with Gasteiger partial charge in [0.05, 0.1) is 12.2 Å². The smallest absolute Gasteiger partial charge is 0.289 e. The van der Waals surface area contributed by atoms with Gasteiger partial charge < -0.3 is 19.5 Å². The van der Waals surface area contributed by atoms with E-state index >= 15 is 0 Å². The van der Waals surface area contributed by atoms with Crippen molar-refractivity contribution >= 4 is 17.7 Å². The Morgan fingerprint density at radius 1 is 0.692 bits per heavy atom. The second kappa shape index (κ2) is 12.3. The van der Waals surface area contributed by atoms with Crippen molar-refractivity contribution in [2.75, 3.05) is 26.2 Å². The van der Waals surface area contributed by atoms with Crippen molar-refractivity contribution in [3.05, 3.63) is 132 Å². The number of benzene rings is 3. The molecule has 1 saturated heterocycles. The molecule has 0 saturated carbocycles. The van der Waals surface area contributed by atoms with Crippen LogP contribution in [-0.2, 0) is 16.0 Å². The Bertz CT molecular complexity index is 1330. The molecule has 5 rings (SSSR count). The first kappa shape index (κ1) is 26.0. The average molecular weight is 522 g/mol. The zero-order valence-electron chi connectivity index (χ0n) is 21.6. The first-order valence-corrected chi connectivity index (χ1v) is 13.2. The summed E-state index contributed by atoms with van der Waals surface area (Å²) in [4.78, 5) is 43.8. The molecule has 0 spiro atoms. The Kier molecular flexibility index (Phi) is 8.17. The molecule has 1 aliphatic rings. The minimum atomic E-state index is -0.748. The Balaban J connectivity index is 1.34. The van der Waals surface area contributed by atoms with Gasteiger partial charge in [-0.2, -0.15) is 0 Å². The molecule has 0 radical (unpaired) electrons. The van der Waals surface area contributed by atoms with E-state index in [0.717, 1.165) is 16.7 Å². The molecule has 1 fully saturated rings. The maximum Gasteiger partial charge on any atom is 0.289 e. The maximum absolute atomic E-state index is 13.9. The standard InChI is InChI=1S/C32H31N3O4/c36-30(29(25-13-6-2-7-14-25)26-15-8-3-9-16-26)33-27(23-24-11-4-1-5-12-24)31(37)34-18-20-35(21-19-34)32(38)28-17-10-22-39-28/h1-17,22,27,29H,18-21,23H2,(H,33,36)/t27-/m0/s1. The number of hydrogen-bond acceptors (Lipinski definition) is 4. The van der Waals surface area contributed by atoms with Crippen LogP contribution >= 0.6 is 0 Å². The summed E-state index contributed by atoms with van der Waals surface area (Å²) in [5.74, 6) is -0.835. The number of nitrogens with zero attached hydrogens (tertiary/aromatic N) is 2. The lowest BCUT2D eigenvalue weighted by Gasteiger charge is -2.36. The van der Waals surface area contributed by atoms with Crippen LogP contribution in [0.4, 0.5) is 0 Å². The molecule has 3 amide bonds. The van der Waals surface area contributed by atoms with E-state index in [1.807, 2.05) is 91.0 Å². The van der Waals surface area contributed by atoms with Crippen LogP contribution in [0.1, 0.15) is 33.2 Å². The molecule has 0 aliphatic carbocycles. The number of carbonyl (C=O) groups is 3. The van der Waals surface area contributed by atoms with Gasteiger partial charge in [-0.1, -0.05) is 91.0 Å². The lowest BCUT2D eigenvalue weighted by atomic mass is 9.90. The van der Waals surface area contributed by atoms with Gasteiger partial charge in [0.1, 0.15) is 6.04 Å². The van der Waals surface area contributed by atoms with Gasteiger partial charge in [-0.3, -0.25) is 14.4 Å². The van der Waals surface area contributed by atoms with Crippen LogP contribution in [0.2, 0.25) is 0 Å². The third kappa shape index (κ3) is 6.26. The van der Waals surface area contributed by atoms with Gasteiger partial charge in [-0.25, -0.2) is 0 Å². The quantitative estimate of drug-likeness (QED) is 0.378. The zero-order valence-corrected chi connectivity index (χ0v) is 21.6. The SMILES string of the molecule is O=C(N[C@@H](Cc1ccccc1)C(=O)N1CCN(C(=O)c2ccco2)CC1)C(c1ccccc1)c1ccccc1. The minimum Gasteiger partial charge on any atom is -0.459 e. The lowest BCUT2D eigenvalue weighted by molar-refractivity contribution is -0.137. The number of carbonyl (C=O) groups excluding carboxylic acids is 3. The van der Waals surface area contributed by atoms with Crippen LogP contribution in [0.3, 0.4) is 0 Å². The number of amides is 3. The monoisotopic (exact) mass is 521 g/mol. The van der Waals surface area contributed by atoms with E-state index in [9.17, 15) is 14.4 Å². The van der Waals surface area contributed by atoms with E-state index in [2.05, 4.69) is 5.32 Å². The van der Waals surface area contributed by atoms with Gasteiger partial charge in [0.2, 0.25) is 11.8 Å². The molecule has 0 bridgehead atoms. The van der Waals surface area contributed by atoms with Crippen molar-refractivity contribution in [3.63, 3.8) is 0 Å². The number of piperazine rings is 1. The summed E-state index contributed by atoms with van der Waals surface area (Å²) in [5, 5.41) is 3.09. The van der Waals surface area contributed by atoms with Gasteiger partial charge in [0.25, 0.3) is 5.91 Å². The molecule has 1 atom stereocenters. The fourth-order valence-electron chi connectivity index (χ4n) is 5.00. The maximum atomic E-state index is 13.9. The summed E-state index contributed by atoms with van der Waals surface area (Å²) in [5.41, 5.74) is 2.67. The van der Waals surface area contributed by atoms with E-state index < -0.39 is 12.0 Å². The fraction of sp³-hybridized carbons (Fsp3) is 0.219. The van der Waals surface area contributed by atoms with E-state index in [-0.39, 0.29) is 23.5 Å². The lowest BCUT2D eigenvalue weighted by Crippen LogP contribution is -2.56. The van der Waals surface area contributed by atoms with Gasteiger partial charge in [0, 0.05) is 32.6 Å². The third-order valence-electron chi connectivity index (χ3n) is 7.04. The van der Waals surface area contributed by atoms with Crippen molar-refractivity contribution in [1.82, 2.24) is 15.1 Å². The zero-order chi connectivity index (χ0) is 27.0.